The van der Waals surface area contributed by atoms with Crippen molar-refractivity contribution in [1.82, 2.24) is 5.43 Å². The van der Waals surface area contributed by atoms with Crippen LogP contribution in [0, 0.1) is 0 Å². The molecule has 188 valence electrons. The Hall–Kier alpha value is -4.36. The lowest BCUT2D eigenvalue weighted by Gasteiger charge is -2.13. The first-order chi connectivity index (χ1) is 18.0. The molecule has 4 aromatic carbocycles. The molecule has 0 fully saturated rings. The fraction of sp³-hybridized carbons (Fsp3) is 0.138. The number of fused-ring (bicyclic) bond motifs is 1. The Morgan fingerprint density at radius 1 is 0.892 bits per heavy atom. The number of amides is 2. The number of rotatable bonds is 10. The molecular formula is C29H26ClN3O4. The molecule has 0 aromatic heterocycles. The summed E-state index contributed by atoms with van der Waals surface area (Å²) in [6, 6.07) is 26.4. The fourth-order valence-electron chi connectivity index (χ4n) is 3.70. The summed E-state index contributed by atoms with van der Waals surface area (Å²) in [5.41, 5.74) is 4.65. The van der Waals surface area contributed by atoms with Gasteiger partial charge in [-0.3, -0.25) is 9.59 Å². The largest absolute Gasteiger partial charge is 0.490 e. The number of hydrogen-bond acceptors (Lipinski definition) is 5. The van der Waals surface area contributed by atoms with Crippen LogP contribution in [0.3, 0.4) is 0 Å². The van der Waals surface area contributed by atoms with E-state index in [2.05, 4.69) is 34.0 Å². The van der Waals surface area contributed by atoms with Gasteiger partial charge in [0.15, 0.2) is 11.5 Å². The second-order valence-corrected chi connectivity index (χ2v) is 8.53. The maximum absolute atomic E-state index is 12.1. The summed E-state index contributed by atoms with van der Waals surface area (Å²) in [5.74, 6) is 0.157. The highest BCUT2D eigenvalue weighted by atomic mass is 35.5. The lowest BCUT2D eigenvalue weighted by molar-refractivity contribution is -0.126. The standard InChI is InChI=1S/C29H26ClN3O4/c1-2-36-27-15-20(18-31-33-29(35)17-28(34)32-24-11-6-10-23(30)16-24)13-14-26(27)37-19-22-9-5-8-21-7-3-4-12-25(21)22/h3-16,18H,2,17,19H2,1H3,(H,32,34)(H,33,35)/b31-18+. The van der Waals surface area contributed by atoms with Crippen LogP contribution >= 0.6 is 11.6 Å². The van der Waals surface area contributed by atoms with Crippen molar-refractivity contribution in [3.63, 3.8) is 0 Å². The highest BCUT2D eigenvalue weighted by molar-refractivity contribution is 6.30. The minimum Gasteiger partial charge on any atom is -0.490 e. The van der Waals surface area contributed by atoms with Crippen molar-refractivity contribution in [2.45, 2.75) is 20.0 Å². The molecule has 0 unspecified atom stereocenters. The molecule has 0 aliphatic rings. The Bertz CT molecular complexity index is 1430. The Kier molecular flexibility index (Phi) is 8.73. The number of halogens is 1. The molecule has 37 heavy (non-hydrogen) atoms. The van der Waals surface area contributed by atoms with E-state index >= 15 is 0 Å². The van der Waals surface area contributed by atoms with Gasteiger partial charge in [0.2, 0.25) is 11.8 Å². The van der Waals surface area contributed by atoms with Crippen molar-refractivity contribution < 1.29 is 19.1 Å². The molecule has 0 aliphatic carbocycles. The molecular weight excluding hydrogens is 490 g/mol. The molecule has 0 atom stereocenters. The Morgan fingerprint density at radius 3 is 2.54 bits per heavy atom. The minimum absolute atomic E-state index is 0.380. The minimum atomic E-state index is -0.546. The van der Waals surface area contributed by atoms with Crippen molar-refractivity contribution in [2.75, 3.05) is 11.9 Å². The molecule has 0 saturated carbocycles. The molecule has 2 amide bonds. The second-order valence-electron chi connectivity index (χ2n) is 8.09. The monoisotopic (exact) mass is 515 g/mol. The molecule has 0 bridgehead atoms. The van der Waals surface area contributed by atoms with E-state index in [0.29, 0.717) is 41.0 Å². The topological polar surface area (TPSA) is 89.0 Å². The maximum Gasteiger partial charge on any atom is 0.249 e. The Morgan fingerprint density at radius 2 is 1.70 bits per heavy atom. The number of anilines is 1. The summed E-state index contributed by atoms with van der Waals surface area (Å²) in [6.45, 7) is 2.75. The summed E-state index contributed by atoms with van der Waals surface area (Å²) < 4.78 is 11.9. The number of carbonyl (C=O) groups excluding carboxylic acids is 2. The number of nitrogens with zero attached hydrogens (tertiary/aromatic N) is 1. The number of hydrogen-bond donors (Lipinski definition) is 2. The Labute approximate surface area is 220 Å². The quantitative estimate of drug-likeness (QED) is 0.155. The van der Waals surface area contributed by atoms with Gasteiger partial charge in [-0.15, -0.1) is 0 Å². The molecule has 4 aromatic rings. The molecule has 0 saturated heterocycles. The van der Waals surface area contributed by atoms with E-state index in [1.165, 1.54) is 6.21 Å². The highest BCUT2D eigenvalue weighted by Gasteiger charge is 2.10. The van der Waals surface area contributed by atoms with Gasteiger partial charge in [0, 0.05) is 10.7 Å². The fourth-order valence-corrected chi connectivity index (χ4v) is 3.89. The van der Waals surface area contributed by atoms with Crippen molar-refractivity contribution in [3.05, 3.63) is 101 Å². The predicted molar refractivity (Wildman–Crippen MR) is 146 cm³/mol. The smallest absolute Gasteiger partial charge is 0.249 e. The summed E-state index contributed by atoms with van der Waals surface area (Å²) in [4.78, 5) is 24.1. The normalized spacial score (nSPS) is 10.9. The molecule has 2 N–H and O–H groups in total. The number of benzene rings is 4. The van der Waals surface area contributed by atoms with Gasteiger partial charge < -0.3 is 14.8 Å². The molecule has 0 spiro atoms. The molecule has 0 radical (unpaired) electrons. The SMILES string of the molecule is CCOc1cc(/C=N/NC(=O)CC(=O)Nc2cccc(Cl)c2)ccc1OCc1cccc2ccccc12. The summed E-state index contributed by atoms with van der Waals surface area (Å²) in [6.07, 6.45) is 1.10. The zero-order valence-corrected chi connectivity index (χ0v) is 21.0. The van der Waals surface area contributed by atoms with Crippen LogP contribution in [0.4, 0.5) is 5.69 Å². The number of nitrogens with one attached hydrogen (secondary N) is 2. The first-order valence-corrected chi connectivity index (χ1v) is 12.1. The lowest BCUT2D eigenvalue weighted by Crippen LogP contribution is -2.24. The van der Waals surface area contributed by atoms with E-state index in [0.717, 1.165) is 16.3 Å². The highest BCUT2D eigenvalue weighted by Crippen LogP contribution is 2.30. The van der Waals surface area contributed by atoms with E-state index in [1.54, 1.807) is 36.4 Å². The van der Waals surface area contributed by atoms with Gasteiger partial charge in [-0.05, 0) is 65.2 Å². The Balaban J connectivity index is 1.34. The van der Waals surface area contributed by atoms with Crippen molar-refractivity contribution in [2.24, 2.45) is 5.10 Å². The first kappa shape index (κ1) is 25.7. The van der Waals surface area contributed by atoms with Gasteiger partial charge in [-0.2, -0.15) is 5.10 Å². The third-order valence-electron chi connectivity index (χ3n) is 5.36. The van der Waals surface area contributed by atoms with Crippen molar-refractivity contribution >= 4 is 46.1 Å². The van der Waals surface area contributed by atoms with Gasteiger partial charge in [0.25, 0.3) is 0 Å². The van der Waals surface area contributed by atoms with Crippen molar-refractivity contribution in [3.8, 4) is 11.5 Å². The van der Waals surface area contributed by atoms with Crippen LogP contribution in [0.5, 0.6) is 11.5 Å². The van der Waals surface area contributed by atoms with Crippen LogP contribution in [0.1, 0.15) is 24.5 Å². The first-order valence-electron chi connectivity index (χ1n) is 11.8. The summed E-state index contributed by atoms with van der Waals surface area (Å²) in [5, 5.41) is 9.36. The predicted octanol–water partition coefficient (Wildman–Crippen LogP) is 5.95. The van der Waals surface area contributed by atoms with Crippen LogP contribution in [-0.4, -0.2) is 24.6 Å². The van der Waals surface area contributed by atoms with Gasteiger partial charge >= 0.3 is 0 Å². The van der Waals surface area contributed by atoms with Crippen LogP contribution in [0.15, 0.2) is 90.0 Å². The van der Waals surface area contributed by atoms with E-state index < -0.39 is 11.8 Å². The van der Waals surface area contributed by atoms with Crippen LogP contribution in [0.2, 0.25) is 5.02 Å². The average molecular weight is 516 g/mol. The zero-order valence-electron chi connectivity index (χ0n) is 20.2. The molecule has 7 nitrogen and oxygen atoms in total. The van der Waals surface area contributed by atoms with Gasteiger partial charge in [0.1, 0.15) is 13.0 Å². The third-order valence-corrected chi connectivity index (χ3v) is 5.60. The number of carbonyl (C=O) groups is 2. The average Bonchev–Trinajstić information content (AvgIpc) is 2.88. The number of hydrazone groups is 1. The third kappa shape index (κ3) is 7.32. The zero-order chi connectivity index (χ0) is 26.0. The summed E-state index contributed by atoms with van der Waals surface area (Å²) in [7, 11) is 0. The lowest BCUT2D eigenvalue weighted by atomic mass is 10.1. The van der Waals surface area contributed by atoms with Crippen LogP contribution in [-0.2, 0) is 16.2 Å². The number of ether oxygens (including phenoxy) is 2. The van der Waals surface area contributed by atoms with E-state index in [1.807, 2.05) is 37.3 Å². The van der Waals surface area contributed by atoms with Crippen LogP contribution in [0.25, 0.3) is 10.8 Å². The van der Waals surface area contributed by atoms with Gasteiger partial charge in [-0.25, -0.2) is 5.43 Å². The van der Waals surface area contributed by atoms with Crippen molar-refractivity contribution in [1.29, 1.82) is 0 Å². The van der Waals surface area contributed by atoms with E-state index in [-0.39, 0.29) is 6.42 Å². The molecule has 4 rings (SSSR count). The van der Waals surface area contributed by atoms with E-state index in [9.17, 15) is 9.59 Å². The van der Waals surface area contributed by atoms with Gasteiger partial charge in [-0.1, -0.05) is 60.1 Å². The molecule has 0 heterocycles. The van der Waals surface area contributed by atoms with Crippen LogP contribution < -0.4 is 20.2 Å². The van der Waals surface area contributed by atoms with E-state index in [4.69, 9.17) is 21.1 Å². The second kappa shape index (κ2) is 12.6. The molecule has 0 aliphatic heterocycles. The molecule has 8 heteroatoms. The maximum atomic E-state index is 12.1. The summed E-state index contributed by atoms with van der Waals surface area (Å²) >= 11 is 5.90. The van der Waals surface area contributed by atoms with Gasteiger partial charge in [0.05, 0.1) is 12.8 Å².